The van der Waals surface area contributed by atoms with Gasteiger partial charge in [0.1, 0.15) is 11.6 Å². The lowest BCUT2D eigenvalue weighted by atomic mass is 9.89. The molecule has 3 unspecified atom stereocenters. The Morgan fingerprint density at radius 3 is 2.41 bits per heavy atom. The summed E-state index contributed by atoms with van der Waals surface area (Å²) in [6.07, 6.45) is -0.609. The van der Waals surface area contributed by atoms with E-state index >= 15 is 0 Å². The number of rotatable bonds is 2. The molecule has 1 aliphatic rings. The number of aliphatic hydroxyl groups is 1. The van der Waals surface area contributed by atoms with Crippen molar-refractivity contribution in [2.75, 3.05) is 6.54 Å². The molecule has 1 fully saturated rings. The molecule has 0 saturated carbocycles. The predicted molar refractivity (Wildman–Crippen MR) is 59.4 cm³/mol. The first kappa shape index (κ1) is 13.9. The summed E-state index contributed by atoms with van der Waals surface area (Å²) >= 11 is 0. The van der Waals surface area contributed by atoms with E-state index in [1.54, 1.807) is 20.8 Å². The number of β-amino-alcohol motifs (C(OH)–C–C–N with tert-alkyl or cyclic N) is 1. The average Bonchev–Trinajstić information content (AvgIpc) is 2.14. The first-order chi connectivity index (χ1) is 7.70. The summed E-state index contributed by atoms with van der Waals surface area (Å²) in [5.41, 5.74) is -0.664. The maximum absolute atomic E-state index is 11.8. The number of aliphatic carboxylic acids is 1. The Hall–Kier alpha value is -1.14. The number of aliphatic hydroxyl groups excluding tert-OH is 1. The lowest BCUT2D eigenvalue weighted by molar-refractivity contribution is -0.167. The van der Waals surface area contributed by atoms with Gasteiger partial charge in [0, 0.05) is 6.54 Å². The summed E-state index contributed by atoms with van der Waals surface area (Å²) in [7, 11) is 0. The van der Waals surface area contributed by atoms with Crippen LogP contribution in [-0.2, 0) is 14.3 Å². The van der Waals surface area contributed by atoms with Crippen LogP contribution in [0, 0.1) is 5.92 Å². The zero-order chi connectivity index (χ0) is 13.2. The van der Waals surface area contributed by atoms with Crippen molar-refractivity contribution in [3.05, 3.63) is 0 Å². The van der Waals surface area contributed by atoms with Crippen molar-refractivity contribution in [2.24, 2.45) is 5.92 Å². The van der Waals surface area contributed by atoms with Gasteiger partial charge >= 0.3 is 11.9 Å². The Balaban J connectivity index is 2.75. The average molecular weight is 245 g/mol. The third kappa shape index (κ3) is 3.98. The molecule has 1 saturated heterocycles. The van der Waals surface area contributed by atoms with Gasteiger partial charge in [0.05, 0.1) is 12.0 Å². The molecule has 0 aromatic heterocycles. The summed E-state index contributed by atoms with van der Waals surface area (Å²) in [6.45, 7) is 5.32. The van der Waals surface area contributed by atoms with Crippen LogP contribution >= 0.6 is 0 Å². The minimum absolute atomic E-state index is 0.110. The highest BCUT2D eigenvalue weighted by molar-refractivity contribution is 5.84. The summed E-state index contributed by atoms with van der Waals surface area (Å²) in [6, 6.07) is -0.992. The van der Waals surface area contributed by atoms with Gasteiger partial charge in [-0.05, 0) is 27.2 Å². The molecular weight excluding hydrogens is 226 g/mol. The summed E-state index contributed by atoms with van der Waals surface area (Å²) < 4.78 is 5.15. The van der Waals surface area contributed by atoms with Crippen LogP contribution in [0.5, 0.6) is 0 Å². The van der Waals surface area contributed by atoms with Crippen molar-refractivity contribution in [3.8, 4) is 0 Å². The van der Waals surface area contributed by atoms with Gasteiger partial charge in [-0.1, -0.05) is 0 Å². The summed E-state index contributed by atoms with van der Waals surface area (Å²) in [5.74, 6) is -2.54. The van der Waals surface area contributed by atoms with E-state index in [4.69, 9.17) is 9.84 Å². The Morgan fingerprint density at radius 1 is 1.35 bits per heavy atom. The molecule has 3 atom stereocenters. The largest absolute Gasteiger partial charge is 0.480 e. The summed E-state index contributed by atoms with van der Waals surface area (Å²) in [5, 5.41) is 21.1. The molecule has 1 rings (SSSR count). The van der Waals surface area contributed by atoms with Crippen molar-refractivity contribution >= 4 is 11.9 Å². The fraction of sp³-hybridized carbons (Fsp3) is 0.818. The van der Waals surface area contributed by atoms with Gasteiger partial charge in [0.25, 0.3) is 0 Å². The highest BCUT2D eigenvalue weighted by Crippen LogP contribution is 2.21. The molecule has 6 heteroatoms. The van der Waals surface area contributed by atoms with Gasteiger partial charge in [-0.15, -0.1) is 0 Å². The first-order valence-corrected chi connectivity index (χ1v) is 5.58. The van der Waals surface area contributed by atoms with Crippen LogP contribution in [0.25, 0.3) is 0 Å². The summed E-state index contributed by atoms with van der Waals surface area (Å²) in [4.78, 5) is 22.8. The number of piperidine rings is 1. The van der Waals surface area contributed by atoms with Crippen LogP contribution in [0.1, 0.15) is 27.2 Å². The molecule has 0 spiro atoms. The van der Waals surface area contributed by atoms with E-state index in [9.17, 15) is 14.7 Å². The number of carboxylic acids is 1. The lowest BCUT2D eigenvalue weighted by Crippen LogP contribution is -2.55. The van der Waals surface area contributed by atoms with Crippen LogP contribution in [0.15, 0.2) is 0 Å². The van der Waals surface area contributed by atoms with Crippen LogP contribution in [0.2, 0.25) is 0 Å². The van der Waals surface area contributed by atoms with E-state index in [0.717, 1.165) is 0 Å². The molecule has 98 valence electrons. The maximum atomic E-state index is 11.8. The molecule has 0 amide bonds. The number of carbonyl (C=O) groups is 2. The minimum atomic E-state index is -1.10. The molecule has 1 aliphatic heterocycles. The van der Waals surface area contributed by atoms with E-state index in [1.807, 2.05) is 0 Å². The van der Waals surface area contributed by atoms with Gasteiger partial charge in [-0.25, -0.2) is 0 Å². The third-order valence-corrected chi connectivity index (χ3v) is 2.48. The molecule has 17 heavy (non-hydrogen) atoms. The number of nitrogens with one attached hydrogen (secondary N) is 1. The van der Waals surface area contributed by atoms with Crippen molar-refractivity contribution in [1.29, 1.82) is 0 Å². The standard InChI is InChI=1S/C11H19NO5/c1-11(2,3)17-10(16)7-4-6(13)5-12-8(7)9(14)15/h6-8,12-13H,4-5H2,1-3H3,(H,14,15). The second-order valence-electron chi connectivity index (χ2n) is 5.25. The number of hydrogen-bond acceptors (Lipinski definition) is 5. The number of ether oxygens (including phenoxy) is 1. The zero-order valence-corrected chi connectivity index (χ0v) is 10.3. The second-order valence-corrected chi connectivity index (χ2v) is 5.25. The number of carbonyl (C=O) groups excluding carboxylic acids is 1. The highest BCUT2D eigenvalue weighted by atomic mass is 16.6. The van der Waals surface area contributed by atoms with Gasteiger partial charge in [0.2, 0.25) is 0 Å². The van der Waals surface area contributed by atoms with Crippen molar-refractivity contribution in [1.82, 2.24) is 5.32 Å². The number of esters is 1. The smallest absolute Gasteiger partial charge is 0.321 e. The lowest BCUT2D eigenvalue weighted by Gasteiger charge is -2.33. The number of hydrogen-bond donors (Lipinski definition) is 3. The van der Waals surface area contributed by atoms with Crippen LogP contribution in [-0.4, -0.2) is 46.4 Å². The van der Waals surface area contributed by atoms with Crippen LogP contribution in [0.4, 0.5) is 0 Å². The van der Waals surface area contributed by atoms with Gasteiger partial charge in [-0.3, -0.25) is 9.59 Å². The Labute approximate surface area is 100.0 Å². The van der Waals surface area contributed by atoms with Crippen LogP contribution in [0.3, 0.4) is 0 Å². The van der Waals surface area contributed by atoms with Crippen molar-refractivity contribution in [3.63, 3.8) is 0 Å². The second kappa shape index (κ2) is 5.01. The quantitative estimate of drug-likeness (QED) is 0.581. The van der Waals surface area contributed by atoms with Gasteiger partial charge in [-0.2, -0.15) is 0 Å². The fourth-order valence-corrected chi connectivity index (χ4v) is 1.79. The topological polar surface area (TPSA) is 95.9 Å². The molecule has 3 N–H and O–H groups in total. The van der Waals surface area contributed by atoms with E-state index in [-0.39, 0.29) is 13.0 Å². The molecule has 0 aromatic carbocycles. The van der Waals surface area contributed by atoms with Gasteiger partial charge in [0.15, 0.2) is 0 Å². The zero-order valence-electron chi connectivity index (χ0n) is 10.3. The van der Waals surface area contributed by atoms with Crippen molar-refractivity contribution < 1.29 is 24.5 Å². The normalized spacial score (nSPS) is 29.8. The third-order valence-electron chi connectivity index (χ3n) is 2.48. The van der Waals surface area contributed by atoms with Gasteiger partial charge < -0.3 is 20.3 Å². The maximum Gasteiger partial charge on any atom is 0.321 e. The molecular formula is C11H19NO5. The highest BCUT2D eigenvalue weighted by Gasteiger charge is 2.40. The molecule has 0 bridgehead atoms. The Morgan fingerprint density at radius 2 is 1.94 bits per heavy atom. The van der Waals surface area contributed by atoms with E-state index in [2.05, 4.69) is 5.32 Å². The Kier molecular flexibility index (Phi) is 4.11. The van der Waals surface area contributed by atoms with E-state index in [1.165, 1.54) is 0 Å². The molecule has 6 nitrogen and oxygen atoms in total. The van der Waals surface area contributed by atoms with Crippen molar-refractivity contribution in [2.45, 2.75) is 44.9 Å². The molecule has 0 radical (unpaired) electrons. The fourth-order valence-electron chi connectivity index (χ4n) is 1.79. The molecule has 0 aliphatic carbocycles. The minimum Gasteiger partial charge on any atom is -0.480 e. The van der Waals surface area contributed by atoms with E-state index < -0.39 is 35.6 Å². The Bertz CT molecular complexity index is 309. The monoisotopic (exact) mass is 245 g/mol. The number of carboxylic acid groups (broad SMARTS) is 1. The molecule has 0 aromatic rings. The molecule has 1 heterocycles. The first-order valence-electron chi connectivity index (χ1n) is 5.58. The SMILES string of the molecule is CC(C)(C)OC(=O)C1CC(O)CNC1C(=O)O. The van der Waals surface area contributed by atoms with Crippen LogP contribution < -0.4 is 5.32 Å². The predicted octanol–water partition coefficient (Wildman–Crippen LogP) is -0.248. The van der Waals surface area contributed by atoms with E-state index in [0.29, 0.717) is 0 Å².